The molecular weight excluding hydrogens is 566 g/mol. The Morgan fingerprint density at radius 1 is 0.705 bits per heavy atom. The number of hydrogen-bond acceptors (Lipinski definition) is 10. The van der Waals surface area contributed by atoms with Crippen molar-refractivity contribution in [2.45, 2.75) is 37.5 Å². The normalized spacial score (nSPS) is 22.5. The fraction of sp³-hybridized carbons (Fsp3) is 0.235. The van der Waals surface area contributed by atoms with Crippen LogP contribution in [-0.2, 0) is 28.5 Å². The van der Waals surface area contributed by atoms with Crippen LogP contribution in [0.4, 0.5) is 0 Å². The highest BCUT2D eigenvalue weighted by Crippen LogP contribution is 2.34. The number of rotatable bonds is 9. The Morgan fingerprint density at radius 2 is 1.20 bits per heavy atom. The number of benzene rings is 3. The fourth-order valence-corrected chi connectivity index (χ4v) is 4.90. The number of hydrogen-bond donors (Lipinski definition) is 0. The van der Waals surface area contributed by atoms with Crippen molar-refractivity contribution in [3.05, 3.63) is 132 Å². The van der Waals surface area contributed by atoms with E-state index >= 15 is 0 Å². The van der Waals surface area contributed by atoms with Crippen molar-refractivity contribution in [3.63, 3.8) is 0 Å². The van der Waals surface area contributed by atoms with Gasteiger partial charge in [0.15, 0.2) is 18.4 Å². The molecule has 0 aromatic heterocycles. The van der Waals surface area contributed by atoms with Crippen LogP contribution >= 0.6 is 0 Å². The summed E-state index contributed by atoms with van der Waals surface area (Å²) in [4.78, 5) is 53.6. The largest absolute Gasteiger partial charge is 0.465 e. The molecule has 0 bridgehead atoms. The lowest BCUT2D eigenvalue weighted by Gasteiger charge is -2.36. The number of nitrogens with zero attached hydrogens (tertiary/aromatic N) is 1. The Kier molecular flexibility index (Phi) is 9.51. The zero-order valence-electron chi connectivity index (χ0n) is 24.1. The Hall–Kier alpha value is -5.22. The quantitative estimate of drug-likeness (QED) is 0.261. The molecule has 10 heteroatoms. The highest BCUT2D eigenvalue weighted by Gasteiger charge is 2.53. The van der Waals surface area contributed by atoms with Crippen molar-refractivity contribution in [1.29, 1.82) is 0 Å². The molecule has 5 atom stereocenters. The van der Waals surface area contributed by atoms with Gasteiger partial charge in [-0.3, -0.25) is 0 Å². The molecular formula is C34H31NO9. The van der Waals surface area contributed by atoms with Gasteiger partial charge in [0.25, 0.3) is 0 Å². The lowest BCUT2D eigenvalue weighted by Crippen LogP contribution is -2.49. The second kappa shape index (κ2) is 13.8. The molecule has 44 heavy (non-hydrogen) atoms. The van der Waals surface area contributed by atoms with Gasteiger partial charge in [-0.25, -0.2) is 19.2 Å². The van der Waals surface area contributed by atoms with E-state index in [0.29, 0.717) is 5.56 Å². The third-order valence-corrected chi connectivity index (χ3v) is 7.21. The van der Waals surface area contributed by atoms with Crippen molar-refractivity contribution in [3.8, 4) is 0 Å². The molecule has 0 saturated carbocycles. The molecule has 5 unspecified atom stereocenters. The lowest BCUT2D eigenvalue weighted by molar-refractivity contribution is -0.136. The molecule has 3 aromatic carbocycles. The minimum Gasteiger partial charge on any atom is -0.465 e. The predicted molar refractivity (Wildman–Crippen MR) is 157 cm³/mol. The highest BCUT2D eigenvalue weighted by atomic mass is 16.7. The third kappa shape index (κ3) is 6.87. The van der Waals surface area contributed by atoms with Crippen LogP contribution in [0.2, 0.25) is 0 Å². The standard InChI is InChI=1S/C34H31NO9/c1-22-18-19-26(31(36)40-2)20-35(22)30-29(44-34(39)25-16-10-5-11-17-25)28(43-33(38)24-14-8-4-9-15-24)27(42-30)21-41-32(37)23-12-6-3-7-13-23/h3-20,22,27-30H,21H2,1-2H3. The van der Waals surface area contributed by atoms with Gasteiger partial charge in [0, 0.05) is 12.2 Å². The number of carbonyl (C=O) groups is 4. The number of esters is 4. The van der Waals surface area contributed by atoms with Crippen molar-refractivity contribution < 1.29 is 42.9 Å². The first kappa shape index (κ1) is 30.2. The SMILES string of the molecule is COC(=O)C1=CN(C2OC(COC(=O)c3ccccc3)C(OC(=O)c3ccccc3)C2OC(=O)c2ccccc2)C(C)C=C1. The molecule has 5 rings (SSSR count). The van der Waals surface area contributed by atoms with Crippen molar-refractivity contribution in [1.82, 2.24) is 4.90 Å². The summed E-state index contributed by atoms with van der Waals surface area (Å²) in [5, 5.41) is 0. The zero-order chi connectivity index (χ0) is 31.1. The van der Waals surface area contributed by atoms with Gasteiger partial charge in [-0.05, 0) is 49.4 Å². The van der Waals surface area contributed by atoms with Gasteiger partial charge in [0.05, 0.1) is 29.4 Å². The van der Waals surface area contributed by atoms with Crippen LogP contribution in [0.15, 0.2) is 115 Å². The minimum absolute atomic E-state index is 0.235. The van der Waals surface area contributed by atoms with E-state index in [2.05, 4.69) is 0 Å². The van der Waals surface area contributed by atoms with E-state index in [1.807, 2.05) is 6.92 Å². The van der Waals surface area contributed by atoms with Gasteiger partial charge in [0.1, 0.15) is 12.7 Å². The van der Waals surface area contributed by atoms with E-state index in [0.717, 1.165) is 0 Å². The summed E-state index contributed by atoms with van der Waals surface area (Å²) < 4.78 is 28.8. The fourth-order valence-electron chi connectivity index (χ4n) is 4.90. The highest BCUT2D eigenvalue weighted by molar-refractivity contribution is 5.92. The Morgan fingerprint density at radius 3 is 1.73 bits per heavy atom. The number of methoxy groups -OCH3 is 1. The molecule has 1 fully saturated rings. The molecule has 2 aliphatic heterocycles. The van der Waals surface area contributed by atoms with Crippen LogP contribution < -0.4 is 0 Å². The summed E-state index contributed by atoms with van der Waals surface area (Å²) in [6.07, 6.45) is 0.451. The molecule has 0 radical (unpaired) electrons. The molecule has 10 nitrogen and oxygen atoms in total. The summed E-state index contributed by atoms with van der Waals surface area (Å²) in [5.74, 6) is -2.54. The van der Waals surface area contributed by atoms with E-state index in [1.54, 1.807) is 114 Å². The topological polar surface area (TPSA) is 118 Å². The number of ether oxygens (including phenoxy) is 5. The second-order valence-corrected chi connectivity index (χ2v) is 10.1. The van der Waals surface area contributed by atoms with E-state index in [9.17, 15) is 19.2 Å². The van der Waals surface area contributed by atoms with Crippen LogP contribution in [0, 0.1) is 0 Å². The maximum atomic E-state index is 13.4. The summed E-state index contributed by atoms with van der Waals surface area (Å²) in [5.41, 5.74) is 1.11. The third-order valence-electron chi connectivity index (χ3n) is 7.21. The van der Waals surface area contributed by atoms with Gasteiger partial charge in [0.2, 0.25) is 0 Å². The lowest BCUT2D eigenvalue weighted by atomic mass is 10.1. The molecule has 2 heterocycles. The van der Waals surface area contributed by atoms with Gasteiger partial charge in [-0.15, -0.1) is 0 Å². The summed E-state index contributed by atoms with van der Waals surface area (Å²) >= 11 is 0. The molecule has 2 aliphatic rings. The average molecular weight is 598 g/mol. The Labute approximate surface area is 254 Å². The van der Waals surface area contributed by atoms with Crippen LogP contribution in [0.25, 0.3) is 0 Å². The average Bonchev–Trinajstić information content (AvgIpc) is 3.40. The smallest absolute Gasteiger partial charge is 0.339 e. The van der Waals surface area contributed by atoms with Crippen LogP contribution in [0.1, 0.15) is 38.0 Å². The first-order valence-corrected chi connectivity index (χ1v) is 14.0. The monoisotopic (exact) mass is 597 g/mol. The number of carbonyl (C=O) groups excluding carboxylic acids is 4. The maximum absolute atomic E-state index is 13.4. The first-order valence-electron chi connectivity index (χ1n) is 14.0. The van der Waals surface area contributed by atoms with Crippen molar-refractivity contribution >= 4 is 23.9 Å². The van der Waals surface area contributed by atoms with Crippen molar-refractivity contribution in [2.24, 2.45) is 0 Å². The Balaban J connectivity index is 1.50. The van der Waals surface area contributed by atoms with E-state index in [1.165, 1.54) is 7.11 Å². The minimum atomic E-state index is -1.20. The first-order chi connectivity index (χ1) is 21.4. The van der Waals surface area contributed by atoms with Gasteiger partial charge in [-0.1, -0.05) is 60.7 Å². The van der Waals surface area contributed by atoms with Gasteiger partial charge in [-0.2, -0.15) is 0 Å². The zero-order valence-corrected chi connectivity index (χ0v) is 24.1. The van der Waals surface area contributed by atoms with E-state index in [-0.39, 0.29) is 29.3 Å². The van der Waals surface area contributed by atoms with Gasteiger partial charge >= 0.3 is 23.9 Å². The van der Waals surface area contributed by atoms with Crippen LogP contribution in [0.5, 0.6) is 0 Å². The summed E-state index contributed by atoms with van der Waals surface area (Å²) in [7, 11) is 1.27. The van der Waals surface area contributed by atoms with E-state index < -0.39 is 48.4 Å². The molecule has 3 aromatic rings. The van der Waals surface area contributed by atoms with Crippen LogP contribution in [-0.4, -0.2) is 73.1 Å². The van der Waals surface area contributed by atoms with Crippen LogP contribution in [0.3, 0.4) is 0 Å². The predicted octanol–water partition coefficient (Wildman–Crippen LogP) is 4.34. The van der Waals surface area contributed by atoms with Crippen molar-refractivity contribution in [2.75, 3.05) is 13.7 Å². The molecule has 1 saturated heterocycles. The second-order valence-electron chi connectivity index (χ2n) is 10.1. The molecule has 226 valence electrons. The molecule has 0 spiro atoms. The molecule has 0 N–H and O–H groups in total. The Bertz CT molecular complexity index is 1540. The summed E-state index contributed by atoms with van der Waals surface area (Å²) in [6.45, 7) is 1.54. The maximum Gasteiger partial charge on any atom is 0.339 e. The van der Waals surface area contributed by atoms with Gasteiger partial charge < -0.3 is 28.6 Å². The molecule has 0 aliphatic carbocycles. The van der Waals surface area contributed by atoms with E-state index in [4.69, 9.17) is 23.7 Å². The summed E-state index contributed by atoms with van der Waals surface area (Å²) in [6, 6.07) is 24.8. The molecule has 0 amide bonds.